The zero-order valence-electron chi connectivity index (χ0n) is 8.53. The maximum absolute atomic E-state index is 13.3. The average molecular weight is 208 g/mol. The maximum Gasteiger partial charge on any atom is 0.169 e. The van der Waals surface area contributed by atoms with Crippen LogP contribution in [-0.4, -0.2) is 11.2 Å². The van der Waals surface area contributed by atoms with Crippen molar-refractivity contribution in [3.8, 4) is 0 Å². The van der Waals surface area contributed by atoms with Gasteiger partial charge in [-0.1, -0.05) is 12.1 Å². The minimum absolute atomic E-state index is 0.304. The second kappa shape index (κ2) is 4.03. The molecule has 2 aromatic rings. The molecule has 1 aromatic heterocycles. The average Bonchev–Trinajstić information content (AvgIpc) is 2.59. The molecule has 1 heterocycles. The second-order valence-electron chi connectivity index (χ2n) is 3.76. The number of aryl methyl sites for hydroxylation is 1. The van der Waals surface area contributed by atoms with Crippen LogP contribution in [0.25, 0.3) is 11.0 Å². The lowest BCUT2D eigenvalue weighted by Gasteiger charge is -1.99. The number of hydrogen-bond acceptors (Lipinski definition) is 2. The highest BCUT2D eigenvalue weighted by Gasteiger charge is 2.08. The third-order valence-electron chi connectivity index (χ3n) is 2.36. The molecule has 2 nitrogen and oxygen atoms in total. The molecular formula is C12H13FO2. The van der Waals surface area contributed by atoms with Crippen molar-refractivity contribution in [3.05, 3.63) is 35.8 Å². The minimum atomic E-state index is -0.358. The Bertz CT molecular complexity index is 460. The number of furan rings is 1. The molecule has 3 heteroatoms. The highest BCUT2D eigenvalue weighted by atomic mass is 19.1. The van der Waals surface area contributed by atoms with Crippen molar-refractivity contribution in [3.63, 3.8) is 0 Å². The van der Waals surface area contributed by atoms with Gasteiger partial charge in [-0.15, -0.1) is 0 Å². The number of aliphatic hydroxyl groups is 1. The van der Waals surface area contributed by atoms with Crippen molar-refractivity contribution in [1.82, 2.24) is 0 Å². The lowest BCUT2D eigenvalue weighted by atomic mass is 10.2. The van der Waals surface area contributed by atoms with Gasteiger partial charge in [0, 0.05) is 11.8 Å². The van der Waals surface area contributed by atoms with Crippen LogP contribution in [0.4, 0.5) is 4.39 Å². The lowest BCUT2D eigenvalue weighted by molar-refractivity contribution is 0.182. The van der Waals surface area contributed by atoms with Gasteiger partial charge in [-0.25, -0.2) is 4.39 Å². The molecule has 0 bridgehead atoms. The Morgan fingerprint density at radius 1 is 1.47 bits per heavy atom. The molecule has 0 saturated carbocycles. The molecule has 1 atom stereocenters. The quantitative estimate of drug-likeness (QED) is 0.841. The summed E-state index contributed by atoms with van der Waals surface area (Å²) in [6, 6.07) is 6.67. The van der Waals surface area contributed by atoms with E-state index in [9.17, 15) is 4.39 Å². The summed E-state index contributed by atoms with van der Waals surface area (Å²) in [5, 5.41) is 9.90. The van der Waals surface area contributed by atoms with E-state index in [1.807, 2.05) is 12.1 Å². The van der Waals surface area contributed by atoms with Gasteiger partial charge >= 0.3 is 0 Å². The molecule has 0 amide bonds. The van der Waals surface area contributed by atoms with Crippen molar-refractivity contribution in [1.29, 1.82) is 0 Å². The molecule has 80 valence electrons. The largest absolute Gasteiger partial charge is 0.458 e. The number of rotatable bonds is 3. The Morgan fingerprint density at radius 3 is 2.93 bits per heavy atom. The molecule has 0 aliphatic heterocycles. The molecule has 0 spiro atoms. The Kier molecular flexibility index (Phi) is 2.73. The van der Waals surface area contributed by atoms with Gasteiger partial charge < -0.3 is 9.52 Å². The molecule has 0 aliphatic carbocycles. The Labute approximate surface area is 87.3 Å². The zero-order valence-corrected chi connectivity index (χ0v) is 8.53. The topological polar surface area (TPSA) is 33.4 Å². The number of para-hydroxylation sites is 1. The second-order valence-corrected chi connectivity index (χ2v) is 3.76. The van der Waals surface area contributed by atoms with Crippen molar-refractivity contribution >= 4 is 11.0 Å². The summed E-state index contributed by atoms with van der Waals surface area (Å²) >= 11 is 0. The highest BCUT2D eigenvalue weighted by Crippen LogP contribution is 2.22. The van der Waals surface area contributed by atoms with Crippen LogP contribution in [0.15, 0.2) is 28.7 Å². The molecule has 15 heavy (non-hydrogen) atoms. The van der Waals surface area contributed by atoms with E-state index in [1.54, 1.807) is 13.0 Å². The summed E-state index contributed by atoms with van der Waals surface area (Å²) in [5.74, 6) is 0.381. The molecule has 1 N–H and O–H groups in total. The normalized spacial score (nSPS) is 13.3. The Hall–Kier alpha value is -1.35. The molecule has 1 aromatic carbocycles. The molecular weight excluding hydrogens is 195 g/mol. The van der Waals surface area contributed by atoms with E-state index in [4.69, 9.17) is 9.52 Å². The fraction of sp³-hybridized carbons (Fsp3) is 0.333. The van der Waals surface area contributed by atoms with Gasteiger partial charge in [0.2, 0.25) is 0 Å². The van der Waals surface area contributed by atoms with E-state index >= 15 is 0 Å². The first-order chi connectivity index (χ1) is 7.16. The van der Waals surface area contributed by atoms with Crippen LogP contribution in [0, 0.1) is 5.82 Å². The molecule has 1 unspecified atom stereocenters. The van der Waals surface area contributed by atoms with Gasteiger partial charge in [0.1, 0.15) is 5.76 Å². The zero-order chi connectivity index (χ0) is 10.8. The van der Waals surface area contributed by atoms with Crippen LogP contribution in [0.1, 0.15) is 19.1 Å². The maximum atomic E-state index is 13.3. The number of benzene rings is 1. The standard InChI is InChI=1S/C12H13FO2/c1-8(14)5-6-10-7-9-3-2-4-11(13)12(9)15-10/h2-4,7-8,14H,5-6H2,1H3. The van der Waals surface area contributed by atoms with E-state index < -0.39 is 0 Å². The first kappa shape index (κ1) is 10.2. The number of fused-ring (bicyclic) bond motifs is 1. The molecule has 0 radical (unpaired) electrons. The minimum Gasteiger partial charge on any atom is -0.458 e. The van der Waals surface area contributed by atoms with Gasteiger partial charge in [-0.05, 0) is 25.5 Å². The summed E-state index contributed by atoms with van der Waals surface area (Å²) in [6.45, 7) is 1.73. The fourth-order valence-electron chi connectivity index (χ4n) is 1.56. The number of aliphatic hydroxyl groups excluding tert-OH is 1. The Balaban J connectivity index is 2.27. The third kappa shape index (κ3) is 2.18. The highest BCUT2D eigenvalue weighted by molar-refractivity contribution is 5.78. The van der Waals surface area contributed by atoms with E-state index in [0.29, 0.717) is 18.4 Å². The van der Waals surface area contributed by atoms with E-state index in [0.717, 1.165) is 11.1 Å². The van der Waals surface area contributed by atoms with Gasteiger partial charge in [0.05, 0.1) is 6.10 Å². The first-order valence-corrected chi connectivity index (χ1v) is 5.02. The van der Waals surface area contributed by atoms with E-state index in [1.165, 1.54) is 6.07 Å². The molecule has 0 fully saturated rings. The van der Waals surface area contributed by atoms with Crippen LogP contribution in [0.5, 0.6) is 0 Å². The van der Waals surface area contributed by atoms with Gasteiger partial charge in [-0.3, -0.25) is 0 Å². The fourth-order valence-corrected chi connectivity index (χ4v) is 1.56. The summed E-state index contributed by atoms with van der Waals surface area (Å²) in [6.07, 6.45) is 0.899. The van der Waals surface area contributed by atoms with Crippen LogP contribution in [0.2, 0.25) is 0 Å². The molecule has 2 rings (SSSR count). The van der Waals surface area contributed by atoms with Crippen LogP contribution in [-0.2, 0) is 6.42 Å². The van der Waals surface area contributed by atoms with Crippen LogP contribution in [0.3, 0.4) is 0 Å². The van der Waals surface area contributed by atoms with Crippen LogP contribution < -0.4 is 0 Å². The monoisotopic (exact) mass is 208 g/mol. The number of hydrogen-bond donors (Lipinski definition) is 1. The molecule has 0 saturated heterocycles. The first-order valence-electron chi connectivity index (χ1n) is 5.02. The van der Waals surface area contributed by atoms with Crippen molar-refractivity contribution in [2.45, 2.75) is 25.9 Å². The summed E-state index contributed by atoms with van der Waals surface area (Å²) < 4.78 is 18.6. The van der Waals surface area contributed by atoms with Gasteiger partial charge in [0.15, 0.2) is 11.4 Å². The van der Waals surface area contributed by atoms with Gasteiger partial charge in [-0.2, -0.15) is 0 Å². The predicted molar refractivity (Wildman–Crippen MR) is 56.2 cm³/mol. The summed E-state index contributed by atoms with van der Waals surface area (Å²) in [5.41, 5.74) is 0.304. The number of halogens is 1. The van der Waals surface area contributed by atoms with Crippen molar-refractivity contribution in [2.24, 2.45) is 0 Å². The summed E-state index contributed by atoms with van der Waals surface area (Å²) in [4.78, 5) is 0. The van der Waals surface area contributed by atoms with Gasteiger partial charge in [0.25, 0.3) is 0 Å². The van der Waals surface area contributed by atoms with E-state index in [-0.39, 0.29) is 11.9 Å². The Morgan fingerprint density at radius 2 is 2.27 bits per heavy atom. The van der Waals surface area contributed by atoms with Crippen LogP contribution >= 0.6 is 0 Å². The van der Waals surface area contributed by atoms with Crippen molar-refractivity contribution < 1.29 is 13.9 Å². The van der Waals surface area contributed by atoms with E-state index in [2.05, 4.69) is 0 Å². The summed E-state index contributed by atoms with van der Waals surface area (Å²) in [7, 11) is 0. The lowest BCUT2D eigenvalue weighted by Crippen LogP contribution is -2.00. The third-order valence-corrected chi connectivity index (χ3v) is 2.36. The smallest absolute Gasteiger partial charge is 0.169 e. The predicted octanol–water partition coefficient (Wildman–Crippen LogP) is 2.89. The molecule has 0 aliphatic rings. The SMILES string of the molecule is CC(O)CCc1cc2cccc(F)c2o1. The van der Waals surface area contributed by atoms with Crippen molar-refractivity contribution in [2.75, 3.05) is 0 Å².